The van der Waals surface area contributed by atoms with Gasteiger partial charge in [-0.2, -0.15) is 4.31 Å². The highest BCUT2D eigenvalue weighted by Crippen LogP contribution is 2.25. The first kappa shape index (κ1) is 14.4. The Labute approximate surface area is 108 Å². The number of aryl methyl sites for hydroxylation is 1. The van der Waals surface area contributed by atoms with Gasteiger partial charge in [-0.1, -0.05) is 13.0 Å². The lowest BCUT2D eigenvalue weighted by Gasteiger charge is -2.20. The van der Waals surface area contributed by atoms with Gasteiger partial charge in [-0.25, -0.2) is 8.42 Å². The van der Waals surface area contributed by atoms with Crippen LogP contribution in [0.5, 0.6) is 0 Å². The molecule has 0 saturated heterocycles. The zero-order chi connectivity index (χ0) is 12.9. The van der Waals surface area contributed by atoms with Crippen molar-refractivity contribution >= 4 is 21.4 Å². The van der Waals surface area contributed by atoms with Crippen LogP contribution in [0.2, 0.25) is 0 Å². The molecule has 1 aromatic heterocycles. The maximum Gasteiger partial charge on any atom is 0.252 e. The standard InChI is InChI=1S/C12H19NO2S2/c1-4-6-9-13(8-5-2)17(14,15)12-11(3)7-10-16-12/h4,7,10H,1,5-6,8-9H2,2-3H3. The van der Waals surface area contributed by atoms with E-state index in [-0.39, 0.29) is 0 Å². The van der Waals surface area contributed by atoms with Gasteiger partial charge in [-0.3, -0.25) is 0 Å². The summed E-state index contributed by atoms with van der Waals surface area (Å²) in [6, 6.07) is 1.84. The maximum absolute atomic E-state index is 12.4. The van der Waals surface area contributed by atoms with Crippen LogP contribution in [0.1, 0.15) is 25.3 Å². The number of hydrogen-bond donors (Lipinski definition) is 0. The number of nitrogens with zero attached hydrogens (tertiary/aromatic N) is 1. The summed E-state index contributed by atoms with van der Waals surface area (Å²) in [5.41, 5.74) is 0.828. The molecule has 1 aromatic rings. The van der Waals surface area contributed by atoms with Crippen molar-refractivity contribution in [2.24, 2.45) is 0 Å². The summed E-state index contributed by atoms with van der Waals surface area (Å²) >= 11 is 1.29. The van der Waals surface area contributed by atoms with Gasteiger partial charge >= 0.3 is 0 Å². The summed E-state index contributed by atoms with van der Waals surface area (Å²) < 4.78 is 26.8. The topological polar surface area (TPSA) is 37.4 Å². The molecule has 1 heterocycles. The summed E-state index contributed by atoms with van der Waals surface area (Å²) in [5.74, 6) is 0. The smallest absolute Gasteiger partial charge is 0.206 e. The summed E-state index contributed by atoms with van der Waals surface area (Å²) in [7, 11) is -3.32. The van der Waals surface area contributed by atoms with Crippen LogP contribution in [-0.2, 0) is 10.0 Å². The SMILES string of the molecule is C=CCCN(CCC)S(=O)(=O)c1sccc1C. The molecule has 0 saturated carbocycles. The van der Waals surface area contributed by atoms with Crippen LogP contribution in [0, 0.1) is 6.92 Å². The molecule has 5 heteroatoms. The van der Waals surface area contributed by atoms with Crippen LogP contribution in [0.4, 0.5) is 0 Å². The Kier molecular flexibility index (Phi) is 5.36. The molecular formula is C12H19NO2S2. The van der Waals surface area contributed by atoms with Crippen molar-refractivity contribution in [1.29, 1.82) is 0 Å². The summed E-state index contributed by atoms with van der Waals surface area (Å²) in [5, 5.41) is 1.82. The highest BCUT2D eigenvalue weighted by atomic mass is 32.2. The lowest BCUT2D eigenvalue weighted by Crippen LogP contribution is -2.32. The van der Waals surface area contributed by atoms with Gasteiger partial charge in [0.25, 0.3) is 10.0 Å². The second kappa shape index (κ2) is 6.33. The van der Waals surface area contributed by atoms with Gasteiger partial charge in [0.1, 0.15) is 4.21 Å². The molecule has 0 unspecified atom stereocenters. The van der Waals surface area contributed by atoms with E-state index in [1.54, 1.807) is 10.4 Å². The van der Waals surface area contributed by atoms with Gasteiger partial charge in [-0.05, 0) is 36.8 Å². The van der Waals surface area contributed by atoms with E-state index in [0.29, 0.717) is 23.7 Å². The molecule has 3 nitrogen and oxygen atoms in total. The van der Waals surface area contributed by atoms with E-state index < -0.39 is 10.0 Å². The van der Waals surface area contributed by atoms with Gasteiger partial charge in [-0.15, -0.1) is 17.9 Å². The maximum atomic E-state index is 12.4. The lowest BCUT2D eigenvalue weighted by atomic mass is 10.4. The third kappa shape index (κ3) is 3.40. The van der Waals surface area contributed by atoms with E-state index in [2.05, 4.69) is 6.58 Å². The van der Waals surface area contributed by atoms with Crippen molar-refractivity contribution in [2.75, 3.05) is 13.1 Å². The summed E-state index contributed by atoms with van der Waals surface area (Å²) in [6.45, 7) is 8.53. The fourth-order valence-electron chi connectivity index (χ4n) is 1.58. The van der Waals surface area contributed by atoms with E-state index in [0.717, 1.165) is 12.0 Å². The molecule has 0 aromatic carbocycles. The first-order valence-corrected chi connectivity index (χ1v) is 8.01. The molecule has 0 fully saturated rings. The quantitative estimate of drug-likeness (QED) is 0.716. The van der Waals surface area contributed by atoms with Crippen molar-refractivity contribution in [3.05, 3.63) is 29.7 Å². The molecule has 0 spiro atoms. The second-order valence-corrected chi connectivity index (χ2v) is 6.92. The van der Waals surface area contributed by atoms with Crippen molar-refractivity contribution in [1.82, 2.24) is 4.31 Å². The normalized spacial score (nSPS) is 11.9. The zero-order valence-electron chi connectivity index (χ0n) is 10.3. The summed E-state index contributed by atoms with van der Waals surface area (Å²) in [6.07, 6.45) is 3.25. The highest BCUT2D eigenvalue weighted by Gasteiger charge is 2.25. The average Bonchev–Trinajstić information content (AvgIpc) is 2.71. The molecule has 0 amide bonds. The first-order chi connectivity index (χ1) is 8.04. The third-order valence-corrected chi connectivity index (χ3v) is 6.01. The average molecular weight is 273 g/mol. The first-order valence-electron chi connectivity index (χ1n) is 5.69. The van der Waals surface area contributed by atoms with Gasteiger partial charge in [0.15, 0.2) is 0 Å². The monoisotopic (exact) mass is 273 g/mol. The number of rotatable bonds is 7. The Hall–Kier alpha value is -0.650. The van der Waals surface area contributed by atoms with E-state index >= 15 is 0 Å². The molecule has 1 rings (SSSR count). The van der Waals surface area contributed by atoms with Crippen LogP contribution < -0.4 is 0 Å². The predicted molar refractivity (Wildman–Crippen MR) is 72.9 cm³/mol. The Morgan fingerprint density at radius 2 is 2.18 bits per heavy atom. The fraction of sp³-hybridized carbons (Fsp3) is 0.500. The van der Waals surface area contributed by atoms with E-state index in [1.807, 2.05) is 25.3 Å². The van der Waals surface area contributed by atoms with Crippen molar-refractivity contribution in [3.8, 4) is 0 Å². The molecular weight excluding hydrogens is 254 g/mol. The zero-order valence-corrected chi connectivity index (χ0v) is 12.0. The van der Waals surface area contributed by atoms with Crippen molar-refractivity contribution in [3.63, 3.8) is 0 Å². The number of sulfonamides is 1. The fourth-order valence-corrected chi connectivity index (χ4v) is 4.67. The van der Waals surface area contributed by atoms with Gasteiger partial charge in [0.05, 0.1) is 0 Å². The van der Waals surface area contributed by atoms with E-state index in [9.17, 15) is 8.42 Å². The van der Waals surface area contributed by atoms with Crippen LogP contribution in [0.15, 0.2) is 28.3 Å². The van der Waals surface area contributed by atoms with Crippen LogP contribution in [0.25, 0.3) is 0 Å². The second-order valence-electron chi connectivity index (χ2n) is 3.87. The number of thiophene rings is 1. The summed E-state index contributed by atoms with van der Waals surface area (Å²) in [4.78, 5) is 0. The number of hydrogen-bond acceptors (Lipinski definition) is 3. The molecule has 0 radical (unpaired) electrons. The van der Waals surface area contributed by atoms with Gasteiger partial charge < -0.3 is 0 Å². The van der Waals surface area contributed by atoms with E-state index in [1.165, 1.54) is 11.3 Å². The Bertz CT molecular complexity index is 463. The molecule has 0 bridgehead atoms. The minimum atomic E-state index is -3.32. The highest BCUT2D eigenvalue weighted by molar-refractivity contribution is 7.91. The Balaban J connectivity index is 2.99. The third-order valence-electron chi connectivity index (χ3n) is 2.44. The Morgan fingerprint density at radius 3 is 2.65 bits per heavy atom. The van der Waals surface area contributed by atoms with Crippen LogP contribution >= 0.6 is 11.3 Å². The molecule has 0 atom stereocenters. The molecule has 17 heavy (non-hydrogen) atoms. The van der Waals surface area contributed by atoms with Gasteiger partial charge in [0.2, 0.25) is 0 Å². The molecule has 0 aliphatic heterocycles. The van der Waals surface area contributed by atoms with Crippen molar-refractivity contribution < 1.29 is 8.42 Å². The van der Waals surface area contributed by atoms with Crippen LogP contribution in [0.3, 0.4) is 0 Å². The Morgan fingerprint density at radius 1 is 1.47 bits per heavy atom. The molecule has 0 N–H and O–H groups in total. The predicted octanol–water partition coefficient (Wildman–Crippen LogP) is 3.03. The van der Waals surface area contributed by atoms with Gasteiger partial charge in [0, 0.05) is 13.1 Å². The molecule has 96 valence electrons. The molecule has 0 aliphatic carbocycles. The minimum absolute atomic E-state index is 0.468. The van der Waals surface area contributed by atoms with Crippen LogP contribution in [-0.4, -0.2) is 25.8 Å². The molecule has 0 aliphatic rings. The lowest BCUT2D eigenvalue weighted by molar-refractivity contribution is 0.417. The largest absolute Gasteiger partial charge is 0.252 e. The minimum Gasteiger partial charge on any atom is -0.206 e. The van der Waals surface area contributed by atoms with E-state index in [4.69, 9.17) is 0 Å². The van der Waals surface area contributed by atoms with Crippen molar-refractivity contribution in [2.45, 2.75) is 30.9 Å².